The van der Waals surface area contributed by atoms with Crippen LogP contribution < -0.4 is 16.1 Å². The van der Waals surface area contributed by atoms with Crippen LogP contribution in [0.4, 0.5) is 5.95 Å². The summed E-state index contributed by atoms with van der Waals surface area (Å²) in [5.74, 6) is 0.482. The van der Waals surface area contributed by atoms with Crippen LogP contribution in [0.25, 0.3) is 0 Å². The summed E-state index contributed by atoms with van der Waals surface area (Å²) in [5.41, 5.74) is 8.73. The van der Waals surface area contributed by atoms with Crippen molar-refractivity contribution in [1.82, 2.24) is 15.6 Å². The maximum atomic E-state index is 5.98. The number of aromatic nitrogens is 3. The average Bonchev–Trinajstić information content (AvgIpc) is 2.85. The van der Waals surface area contributed by atoms with E-state index in [1.165, 1.54) is 12.5 Å². The van der Waals surface area contributed by atoms with E-state index in [1.54, 1.807) is 18.2 Å². The largest absolute Gasteiger partial charge is 0.380 e. The number of nitrogens with zero attached hydrogens (tertiary/aromatic N) is 3. The van der Waals surface area contributed by atoms with Crippen LogP contribution in [0, 0.1) is 0 Å². The van der Waals surface area contributed by atoms with Crippen LogP contribution in [0.3, 0.4) is 0 Å². The van der Waals surface area contributed by atoms with Gasteiger partial charge in [0.2, 0.25) is 6.33 Å². The van der Waals surface area contributed by atoms with Crippen LogP contribution in [-0.4, -0.2) is 22.4 Å². The lowest BCUT2D eigenvalue weighted by Gasteiger charge is -2.00. The molecule has 1 aromatic heterocycles. The summed E-state index contributed by atoms with van der Waals surface area (Å²) in [6.07, 6.45) is 2.91. The molecule has 0 spiro atoms. The van der Waals surface area contributed by atoms with Crippen molar-refractivity contribution in [2.75, 3.05) is 0 Å². The first kappa shape index (κ1) is 13.3. The summed E-state index contributed by atoms with van der Waals surface area (Å²) in [7, 11) is 0. The molecule has 0 atom stereocenters. The van der Waals surface area contributed by atoms with E-state index >= 15 is 0 Å². The normalized spacial score (nSPS) is 12.0. The number of guanidine groups is 1. The molecule has 19 heavy (non-hydrogen) atoms. The molecule has 2 aromatic rings. The first-order valence-electron chi connectivity index (χ1n) is 5.15. The smallest absolute Gasteiger partial charge is 0.358 e. The number of hydrogen-bond acceptors (Lipinski definition) is 3. The summed E-state index contributed by atoms with van der Waals surface area (Å²) in [4.78, 5) is 6.65. The molecule has 0 fully saturated rings. The number of hydrogen-bond donors (Lipinski definition) is 3. The second-order valence-corrected chi connectivity index (χ2v) is 4.18. The first-order chi connectivity index (χ1) is 9.16. The molecular weight excluding hydrogens is 289 g/mol. The average molecular weight is 299 g/mol. The SMILES string of the molecule is NC(=Nc1[nH]nc[nH+]1)N/N=C\c1c(Cl)cccc1Cl. The number of benzene rings is 1. The van der Waals surface area contributed by atoms with E-state index in [0.29, 0.717) is 21.6 Å². The molecule has 0 radical (unpaired) electrons. The zero-order valence-corrected chi connectivity index (χ0v) is 11.1. The Balaban J connectivity index is 2.04. The van der Waals surface area contributed by atoms with E-state index in [9.17, 15) is 0 Å². The quantitative estimate of drug-likeness (QED) is 0.449. The minimum Gasteiger partial charge on any atom is -0.358 e. The van der Waals surface area contributed by atoms with Gasteiger partial charge in [-0.2, -0.15) is 5.10 Å². The van der Waals surface area contributed by atoms with Crippen LogP contribution in [-0.2, 0) is 0 Å². The van der Waals surface area contributed by atoms with Gasteiger partial charge in [0.25, 0.3) is 5.96 Å². The molecule has 0 unspecified atom stereocenters. The fourth-order valence-corrected chi connectivity index (χ4v) is 1.71. The summed E-state index contributed by atoms with van der Waals surface area (Å²) >= 11 is 12.0. The third-order valence-corrected chi connectivity index (χ3v) is 2.70. The summed E-state index contributed by atoms with van der Waals surface area (Å²) in [6, 6.07) is 5.18. The van der Waals surface area contributed by atoms with Crippen LogP contribution in [0.1, 0.15) is 5.56 Å². The highest BCUT2D eigenvalue weighted by molar-refractivity contribution is 6.38. The van der Waals surface area contributed by atoms with Gasteiger partial charge >= 0.3 is 5.95 Å². The molecule has 1 heterocycles. The molecule has 0 aliphatic carbocycles. The third-order valence-electron chi connectivity index (χ3n) is 2.04. The highest BCUT2D eigenvalue weighted by Crippen LogP contribution is 2.21. The summed E-state index contributed by atoms with van der Waals surface area (Å²) < 4.78 is 0. The van der Waals surface area contributed by atoms with Crippen molar-refractivity contribution in [3.63, 3.8) is 0 Å². The highest BCUT2D eigenvalue weighted by Gasteiger charge is 2.03. The van der Waals surface area contributed by atoms with Gasteiger partial charge in [-0.1, -0.05) is 34.3 Å². The van der Waals surface area contributed by atoms with Gasteiger partial charge in [0, 0.05) is 5.56 Å². The molecule has 9 heteroatoms. The predicted octanol–water partition coefficient (Wildman–Crippen LogP) is 1.10. The van der Waals surface area contributed by atoms with Gasteiger partial charge < -0.3 is 5.73 Å². The highest BCUT2D eigenvalue weighted by atomic mass is 35.5. The topological polar surface area (TPSA) is 106 Å². The van der Waals surface area contributed by atoms with Crippen molar-refractivity contribution in [2.45, 2.75) is 0 Å². The third kappa shape index (κ3) is 3.67. The molecule has 98 valence electrons. The molecular formula is C10H10Cl2N7+. The van der Waals surface area contributed by atoms with E-state index in [0.717, 1.165) is 0 Å². The predicted molar refractivity (Wildman–Crippen MR) is 73.6 cm³/mol. The van der Waals surface area contributed by atoms with Crippen molar-refractivity contribution in [3.8, 4) is 0 Å². The monoisotopic (exact) mass is 298 g/mol. The van der Waals surface area contributed by atoms with E-state index in [2.05, 4.69) is 30.7 Å². The fraction of sp³-hybridized carbons (Fsp3) is 0. The Bertz CT molecular complexity index is 586. The standard InChI is InChI=1S/C10H9Cl2N7/c11-7-2-1-3-8(12)6(7)4-15-18-9(13)17-10-14-5-16-19-10/h1-5H,(H4,13,14,16,17,18,19)/p+1/b15-4-. The molecule has 0 bridgehead atoms. The molecule has 1 aromatic carbocycles. The minimum atomic E-state index is 0.0833. The Labute approximate surface area is 118 Å². The number of H-pyrrole nitrogens is 2. The summed E-state index contributed by atoms with van der Waals surface area (Å²) in [6.45, 7) is 0. The van der Waals surface area contributed by atoms with E-state index in [-0.39, 0.29) is 5.96 Å². The van der Waals surface area contributed by atoms with Crippen molar-refractivity contribution in [1.29, 1.82) is 0 Å². The maximum Gasteiger partial charge on any atom is 0.380 e. The van der Waals surface area contributed by atoms with Crippen molar-refractivity contribution in [2.24, 2.45) is 15.8 Å². The van der Waals surface area contributed by atoms with Gasteiger partial charge in [-0.05, 0) is 17.2 Å². The second kappa shape index (κ2) is 6.17. The van der Waals surface area contributed by atoms with Crippen LogP contribution in [0.15, 0.2) is 34.6 Å². The first-order valence-corrected chi connectivity index (χ1v) is 5.90. The number of rotatable bonds is 3. The maximum absolute atomic E-state index is 5.98. The Morgan fingerprint density at radius 1 is 1.42 bits per heavy atom. The van der Waals surface area contributed by atoms with Crippen molar-refractivity contribution >= 4 is 41.3 Å². The van der Waals surface area contributed by atoms with Crippen LogP contribution in [0.5, 0.6) is 0 Å². The Morgan fingerprint density at radius 2 is 2.16 bits per heavy atom. The Morgan fingerprint density at radius 3 is 2.79 bits per heavy atom. The fourth-order valence-electron chi connectivity index (χ4n) is 1.22. The van der Waals surface area contributed by atoms with E-state index in [1.807, 2.05) is 0 Å². The van der Waals surface area contributed by atoms with E-state index < -0.39 is 0 Å². The van der Waals surface area contributed by atoms with Crippen molar-refractivity contribution < 1.29 is 4.98 Å². The Hall–Kier alpha value is -2.12. The number of halogens is 2. The van der Waals surface area contributed by atoms with Gasteiger partial charge in [-0.3, -0.25) is 0 Å². The molecule has 0 aliphatic rings. The number of aliphatic imine (C=N–C) groups is 1. The molecule has 5 N–H and O–H groups in total. The van der Waals surface area contributed by atoms with Crippen LogP contribution >= 0.6 is 23.2 Å². The Kier molecular flexibility index (Phi) is 4.32. The number of nitrogens with one attached hydrogen (secondary N) is 3. The lowest BCUT2D eigenvalue weighted by Crippen LogP contribution is -2.27. The van der Waals surface area contributed by atoms with Gasteiger partial charge in [0.05, 0.1) is 16.3 Å². The lowest BCUT2D eigenvalue weighted by molar-refractivity contribution is -0.362. The molecule has 0 amide bonds. The van der Waals surface area contributed by atoms with Crippen molar-refractivity contribution in [3.05, 3.63) is 40.1 Å². The summed E-state index contributed by atoms with van der Waals surface area (Å²) in [5, 5.41) is 11.2. The van der Waals surface area contributed by atoms with E-state index in [4.69, 9.17) is 28.9 Å². The van der Waals surface area contributed by atoms with Gasteiger partial charge in [-0.25, -0.2) is 10.4 Å². The molecule has 0 saturated carbocycles. The van der Waals surface area contributed by atoms with Gasteiger partial charge in [0.1, 0.15) is 0 Å². The molecule has 7 nitrogen and oxygen atoms in total. The lowest BCUT2D eigenvalue weighted by atomic mass is 10.2. The number of hydrazone groups is 1. The molecule has 0 saturated heterocycles. The molecule has 0 aliphatic heterocycles. The molecule has 2 rings (SSSR count). The zero-order chi connectivity index (χ0) is 13.7. The second-order valence-electron chi connectivity index (χ2n) is 3.37. The zero-order valence-electron chi connectivity index (χ0n) is 9.56. The number of nitrogens with two attached hydrogens (primary N) is 1. The van der Waals surface area contributed by atoms with Gasteiger partial charge in [-0.15, -0.1) is 5.10 Å². The number of aromatic amines is 2. The van der Waals surface area contributed by atoms with Gasteiger partial charge in [0.15, 0.2) is 0 Å². The van der Waals surface area contributed by atoms with Crippen LogP contribution in [0.2, 0.25) is 10.0 Å². The minimum absolute atomic E-state index is 0.0833.